The molecule has 4 unspecified atom stereocenters. The van der Waals surface area contributed by atoms with Crippen molar-refractivity contribution in [1.82, 2.24) is 25.3 Å². The first-order chi connectivity index (χ1) is 32.6. The summed E-state index contributed by atoms with van der Waals surface area (Å²) in [6, 6.07) is 15.5. The number of fused-ring (bicyclic) bond motifs is 2. The number of H-pyrrole nitrogens is 3. The number of nitrogens with one attached hydrogen (secondary N) is 4. The fourth-order valence-corrected chi connectivity index (χ4v) is 8.99. The maximum atomic E-state index is 15.1. The molecule has 2 amide bonds. The van der Waals surface area contributed by atoms with Gasteiger partial charge in [-0.15, -0.1) is 0 Å². The molecule has 3 heterocycles. The molecule has 0 spiro atoms. The van der Waals surface area contributed by atoms with Gasteiger partial charge in [-0.2, -0.15) is 0 Å². The molecule has 0 aliphatic heterocycles. The largest absolute Gasteiger partial charge is 0.368 e. The molecule has 0 aliphatic carbocycles. The second kappa shape index (κ2) is 23.4. The van der Waals surface area contributed by atoms with Crippen LogP contribution in [0.1, 0.15) is 48.6 Å². The van der Waals surface area contributed by atoms with Crippen LogP contribution >= 0.6 is 0 Å². The minimum atomic E-state index is -1.59. The van der Waals surface area contributed by atoms with Gasteiger partial charge in [0.2, 0.25) is 11.8 Å². The highest BCUT2D eigenvalue weighted by atomic mass is 16.2. The molecule has 0 saturated carbocycles. The maximum absolute atomic E-state index is 15.1. The summed E-state index contributed by atoms with van der Waals surface area (Å²) in [5, 5.41) is 4.29. The summed E-state index contributed by atoms with van der Waals surface area (Å²) in [6.45, 7) is 1.82. The van der Waals surface area contributed by atoms with Crippen LogP contribution in [0, 0.1) is 23.7 Å². The van der Waals surface area contributed by atoms with Gasteiger partial charge >= 0.3 is 0 Å². The number of rotatable bonds is 27. The van der Waals surface area contributed by atoms with Crippen LogP contribution in [0.25, 0.3) is 21.8 Å². The van der Waals surface area contributed by atoms with Crippen molar-refractivity contribution in [3.05, 3.63) is 126 Å². The molecule has 6 rings (SSSR count). The number of primary amides is 1. The molecule has 0 fully saturated rings. The Morgan fingerprint density at radius 2 is 1.13 bits per heavy atom. The van der Waals surface area contributed by atoms with Gasteiger partial charge in [0.15, 0.2) is 23.1 Å². The number of unbranched alkanes of at least 4 members (excludes halogenated alkanes) is 1. The molecule has 0 radical (unpaired) electrons. The number of imidazole rings is 1. The van der Waals surface area contributed by atoms with E-state index in [2.05, 4.69) is 25.3 Å². The minimum absolute atomic E-state index is 0.00499. The van der Waals surface area contributed by atoms with Crippen LogP contribution in [0.3, 0.4) is 0 Å². The molecular formula is C50H64N12O6. The molecule has 18 nitrogen and oxygen atoms in total. The molecular weight excluding hydrogens is 865 g/mol. The lowest BCUT2D eigenvalue weighted by molar-refractivity contribution is -0.137. The van der Waals surface area contributed by atoms with Crippen molar-refractivity contribution in [2.24, 2.45) is 63.8 Å². The Morgan fingerprint density at radius 3 is 1.68 bits per heavy atom. The van der Waals surface area contributed by atoms with E-state index in [1.54, 1.807) is 42.7 Å². The highest BCUT2D eigenvalue weighted by Crippen LogP contribution is 2.29. The Bertz CT molecular complexity index is 2660. The van der Waals surface area contributed by atoms with Gasteiger partial charge in [-0.1, -0.05) is 73.7 Å². The smallest absolute Gasteiger partial charge is 0.239 e. The fourth-order valence-electron chi connectivity index (χ4n) is 8.99. The number of para-hydroxylation sites is 2. The highest BCUT2D eigenvalue weighted by molar-refractivity contribution is 6.03. The second-order valence-corrected chi connectivity index (χ2v) is 17.8. The number of nitrogens with two attached hydrogens (primary N) is 7. The summed E-state index contributed by atoms with van der Waals surface area (Å²) in [7, 11) is 0. The lowest BCUT2D eigenvalue weighted by Crippen LogP contribution is -2.58. The Labute approximate surface area is 394 Å². The molecule has 3 aromatic heterocycles. The lowest BCUT2D eigenvalue weighted by atomic mass is 9.75. The number of aromatic nitrogens is 4. The van der Waals surface area contributed by atoms with Crippen molar-refractivity contribution >= 4 is 56.8 Å². The van der Waals surface area contributed by atoms with E-state index >= 15 is 4.79 Å². The van der Waals surface area contributed by atoms with Crippen LogP contribution in [0.4, 0.5) is 0 Å². The van der Waals surface area contributed by atoms with Gasteiger partial charge in [-0.05, 0) is 73.9 Å². The van der Waals surface area contributed by atoms with Crippen LogP contribution in [0.2, 0.25) is 0 Å². The van der Waals surface area contributed by atoms with Crippen molar-refractivity contribution in [3.8, 4) is 0 Å². The number of ketones is 4. The number of hydrogen-bond donors (Lipinski definition) is 11. The summed E-state index contributed by atoms with van der Waals surface area (Å²) in [6.07, 6.45) is 7.74. The van der Waals surface area contributed by atoms with Crippen molar-refractivity contribution < 1.29 is 28.8 Å². The molecule has 0 saturated heterocycles. The van der Waals surface area contributed by atoms with Gasteiger partial charge < -0.3 is 60.4 Å². The molecule has 360 valence electrons. The zero-order chi connectivity index (χ0) is 49.1. The quantitative estimate of drug-likeness (QED) is 0.0323. The van der Waals surface area contributed by atoms with Gasteiger partial charge in [-0.25, -0.2) is 4.98 Å². The number of benzene rings is 3. The van der Waals surface area contributed by atoms with E-state index in [4.69, 9.17) is 40.1 Å². The first-order valence-corrected chi connectivity index (χ1v) is 22.9. The molecule has 0 aliphatic rings. The van der Waals surface area contributed by atoms with E-state index in [0.717, 1.165) is 21.8 Å². The third-order valence-corrected chi connectivity index (χ3v) is 13.2. The van der Waals surface area contributed by atoms with E-state index in [0.29, 0.717) is 41.8 Å². The Morgan fingerprint density at radius 1 is 0.603 bits per heavy atom. The number of carbonyl (C=O) groups is 6. The molecule has 6 aromatic rings. The van der Waals surface area contributed by atoms with Crippen LogP contribution in [0.5, 0.6) is 0 Å². The van der Waals surface area contributed by atoms with Crippen LogP contribution in [0.15, 0.2) is 104 Å². The number of nitrogens with zero attached hydrogens (tertiary/aromatic N) is 1. The summed E-state index contributed by atoms with van der Waals surface area (Å²) in [5.74, 6) is -9.25. The molecule has 18 N–H and O–H groups in total. The molecule has 0 bridgehead atoms. The monoisotopic (exact) mass is 929 g/mol. The minimum Gasteiger partial charge on any atom is -0.368 e. The molecule has 68 heavy (non-hydrogen) atoms. The van der Waals surface area contributed by atoms with Gasteiger partial charge in [0.25, 0.3) is 0 Å². The zero-order valence-electron chi connectivity index (χ0n) is 38.2. The first kappa shape index (κ1) is 50.7. The van der Waals surface area contributed by atoms with Crippen LogP contribution in [-0.4, -0.2) is 97.7 Å². The number of aromatic amines is 3. The predicted molar refractivity (Wildman–Crippen MR) is 260 cm³/mol. The average molecular weight is 929 g/mol. The SMILES string of the molecule is C[C@H](C(=O)C(N)[C@H](Cc1c[nH]c2ccccc12)C(=O)C(N)[C@@H](Cc1ccccc1)C(=O)N[C@@H](CCCCN)C(N)=O)C(N)C(=O)[C@H](Cc1c[nH]c2ccccc12)C(N)C(=O)[C@@H](N)Cc1cnc[nH]1. The summed E-state index contributed by atoms with van der Waals surface area (Å²) < 4.78 is 0. The first-order valence-electron chi connectivity index (χ1n) is 22.9. The fraction of sp³-hybridized carbons (Fsp3) is 0.380. The third kappa shape index (κ3) is 12.1. The van der Waals surface area contributed by atoms with Crippen LogP contribution in [-0.2, 0) is 54.5 Å². The average Bonchev–Trinajstić information content (AvgIpc) is 4.13. The van der Waals surface area contributed by atoms with Gasteiger partial charge in [-0.3, -0.25) is 28.8 Å². The predicted octanol–water partition coefficient (Wildman–Crippen LogP) is 1.14. The van der Waals surface area contributed by atoms with E-state index in [1.165, 1.54) is 19.4 Å². The third-order valence-electron chi connectivity index (χ3n) is 13.2. The summed E-state index contributed by atoms with van der Waals surface area (Å²) in [4.78, 5) is 98.5. The number of amides is 2. The number of hydrogen-bond acceptors (Lipinski definition) is 13. The normalized spacial score (nSPS) is 16.2. The molecule has 10 atom stereocenters. The lowest BCUT2D eigenvalue weighted by Gasteiger charge is -2.32. The van der Waals surface area contributed by atoms with Crippen molar-refractivity contribution in [2.75, 3.05) is 6.54 Å². The van der Waals surface area contributed by atoms with Gasteiger partial charge in [0.05, 0.1) is 42.5 Å². The highest BCUT2D eigenvalue weighted by Gasteiger charge is 2.44. The maximum Gasteiger partial charge on any atom is 0.239 e. The molecule has 18 heteroatoms. The number of Topliss-reactive ketones (excluding diaryl/α,β-unsaturated/α-hetero) is 4. The van der Waals surface area contributed by atoms with E-state index in [9.17, 15) is 24.0 Å². The Kier molecular flexibility index (Phi) is 17.4. The van der Waals surface area contributed by atoms with Crippen molar-refractivity contribution in [3.63, 3.8) is 0 Å². The van der Waals surface area contributed by atoms with Gasteiger partial charge in [0.1, 0.15) is 6.04 Å². The molecule has 3 aromatic carbocycles. The van der Waals surface area contributed by atoms with Gasteiger partial charge in [0, 0.05) is 70.3 Å². The van der Waals surface area contributed by atoms with Crippen molar-refractivity contribution in [1.29, 1.82) is 0 Å². The van der Waals surface area contributed by atoms with Crippen molar-refractivity contribution in [2.45, 2.75) is 88.1 Å². The van der Waals surface area contributed by atoms with E-state index in [1.807, 2.05) is 48.5 Å². The standard InChI is InChI=1S/C50H64N12O6/c1-27(41(53)46(64)35(21-30-24-60-39-16-8-6-14-33(30)39)43(55)48(66)37(52)22-31-25-58-26-61-31)45(63)42(54)34(20-29-23-59-38-15-7-5-13-32(29)38)47(65)44(56)36(19-28-11-3-2-4-12-28)50(68)62-40(49(57)67)17-9-10-18-51/h2-8,11-16,23-27,34-37,40-44,59-60H,9-10,17-22,51-56H2,1H3,(H2,57,67)(H,58,61)(H,62,68)/t27-,34-,35+,36+,37-,40-,41?,42?,43?,44?/m0/s1. The van der Waals surface area contributed by atoms with Crippen LogP contribution < -0.4 is 45.5 Å². The summed E-state index contributed by atoms with van der Waals surface area (Å²) in [5.41, 5.74) is 49.1. The van der Waals surface area contributed by atoms with E-state index < -0.39 is 94.9 Å². The topological polar surface area (TPSA) is 357 Å². The summed E-state index contributed by atoms with van der Waals surface area (Å²) >= 11 is 0. The zero-order valence-corrected chi connectivity index (χ0v) is 38.2. The Hall–Kier alpha value is -6.67. The van der Waals surface area contributed by atoms with E-state index in [-0.39, 0.29) is 32.1 Å². The Balaban J connectivity index is 1.31. The number of carbonyl (C=O) groups excluding carboxylic acids is 6. The second-order valence-electron chi connectivity index (χ2n) is 17.8.